The van der Waals surface area contributed by atoms with Gasteiger partial charge in [-0.1, -0.05) is 48.5 Å². The fourth-order valence-electron chi connectivity index (χ4n) is 4.82. The molecule has 0 aromatic heterocycles. The number of hydrogen-bond acceptors (Lipinski definition) is 3. The molecule has 0 fully saturated rings. The lowest BCUT2D eigenvalue weighted by Gasteiger charge is -2.56. The van der Waals surface area contributed by atoms with Gasteiger partial charge in [0.1, 0.15) is 16.5 Å². The van der Waals surface area contributed by atoms with Crippen LogP contribution in [0.15, 0.2) is 0 Å². The number of nitrogens with zero attached hydrogens (tertiary/aromatic N) is 1. The van der Waals surface area contributed by atoms with Gasteiger partial charge in [-0.05, 0) is 56.5 Å². The molecule has 0 aliphatic carbocycles. The highest BCUT2D eigenvalue weighted by Gasteiger charge is 2.51. The van der Waals surface area contributed by atoms with Gasteiger partial charge in [0.05, 0.1) is 0 Å². The predicted molar refractivity (Wildman–Crippen MR) is 121 cm³/mol. The molecule has 0 spiro atoms. The average Bonchev–Trinajstić information content (AvgIpc) is 2.65. The molecule has 0 saturated heterocycles. The second-order valence-electron chi connectivity index (χ2n) is 7.19. The molecule has 0 aliphatic rings. The summed E-state index contributed by atoms with van der Waals surface area (Å²) in [5, 5.41) is 0. The van der Waals surface area contributed by atoms with E-state index in [1.165, 1.54) is 42.7 Å². The van der Waals surface area contributed by atoms with Crippen LogP contribution < -0.4 is 0 Å². The summed E-state index contributed by atoms with van der Waals surface area (Å²) in [5.74, 6) is 0. The Hall–Kier alpha value is 0.531. The van der Waals surface area contributed by atoms with Crippen LogP contribution in [0.2, 0.25) is 36.3 Å². The quantitative estimate of drug-likeness (QED) is 0.316. The summed E-state index contributed by atoms with van der Waals surface area (Å²) in [7, 11) is -4.66. The van der Waals surface area contributed by atoms with Crippen LogP contribution >= 0.6 is 0 Å². The molecule has 152 valence electrons. The molecule has 6 heteroatoms. The zero-order chi connectivity index (χ0) is 19.5. The zero-order valence-corrected chi connectivity index (χ0v) is 21.9. The van der Waals surface area contributed by atoms with Gasteiger partial charge in [0.15, 0.2) is 0 Å². The van der Waals surface area contributed by atoms with Gasteiger partial charge < -0.3 is 13.1 Å². The average molecular weight is 406 g/mol. The Bertz CT molecular complexity index is 294. The van der Waals surface area contributed by atoms with Crippen molar-refractivity contribution in [3.63, 3.8) is 0 Å². The van der Waals surface area contributed by atoms with Crippen LogP contribution in [0, 0.1) is 0 Å². The van der Waals surface area contributed by atoms with Crippen molar-refractivity contribution in [1.29, 1.82) is 0 Å². The molecule has 0 heterocycles. The molecule has 0 amide bonds. The van der Waals surface area contributed by atoms with E-state index < -0.39 is 25.8 Å². The van der Waals surface area contributed by atoms with E-state index in [1.807, 2.05) is 0 Å². The van der Waals surface area contributed by atoms with Crippen molar-refractivity contribution in [3.8, 4) is 0 Å². The summed E-state index contributed by atoms with van der Waals surface area (Å²) >= 11 is 0. The highest BCUT2D eigenvalue weighted by Crippen LogP contribution is 2.39. The molecular formula is C19H47NO2Si3. The van der Waals surface area contributed by atoms with Crippen LogP contribution in [-0.2, 0) is 8.85 Å². The van der Waals surface area contributed by atoms with Crippen LogP contribution in [0.5, 0.6) is 0 Å². The van der Waals surface area contributed by atoms with E-state index >= 15 is 0 Å². The van der Waals surface area contributed by atoms with Crippen LogP contribution in [0.1, 0.15) is 68.7 Å². The van der Waals surface area contributed by atoms with Gasteiger partial charge in [-0.2, -0.15) is 0 Å². The normalized spacial score (nSPS) is 14.5. The van der Waals surface area contributed by atoms with E-state index in [1.54, 1.807) is 0 Å². The topological polar surface area (TPSA) is 21.7 Å². The molecule has 0 aromatic carbocycles. The maximum atomic E-state index is 6.29. The van der Waals surface area contributed by atoms with Gasteiger partial charge in [0, 0.05) is 18.9 Å². The lowest BCUT2D eigenvalue weighted by molar-refractivity contribution is 0.191. The molecule has 1 atom stereocenters. The van der Waals surface area contributed by atoms with Crippen molar-refractivity contribution in [2.45, 2.75) is 111 Å². The van der Waals surface area contributed by atoms with E-state index in [4.69, 9.17) is 8.85 Å². The summed E-state index contributed by atoms with van der Waals surface area (Å²) in [6.45, 7) is 22.9. The van der Waals surface area contributed by atoms with E-state index in [2.05, 4.69) is 66.5 Å². The predicted octanol–water partition coefficient (Wildman–Crippen LogP) is 5.91. The summed E-state index contributed by atoms with van der Waals surface area (Å²) in [4.78, 5) is 0. The van der Waals surface area contributed by atoms with Crippen molar-refractivity contribution in [2.75, 3.05) is 13.2 Å². The Morgan fingerprint density at radius 3 is 1.16 bits per heavy atom. The van der Waals surface area contributed by atoms with Gasteiger partial charge in [-0.25, -0.2) is 0 Å². The smallest absolute Gasteiger partial charge is 0.337 e. The minimum atomic E-state index is -1.69. The van der Waals surface area contributed by atoms with Crippen molar-refractivity contribution < 1.29 is 8.85 Å². The molecule has 0 bridgehead atoms. The second-order valence-corrected chi connectivity index (χ2v) is 19.9. The van der Waals surface area contributed by atoms with Crippen LogP contribution in [0.3, 0.4) is 0 Å². The third kappa shape index (κ3) is 5.75. The van der Waals surface area contributed by atoms with Crippen molar-refractivity contribution in [1.82, 2.24) is 4.23 Å². The lowest BCUT2D eigenvalue weighted by atomic mass is 10.5. The third-order valence-electron chi connectivity index (χ3n) is 6.70. The van der Waals surface area contributed by atoms with Crippen molar-refractivity contribution >= 4 is 25.8 Å². The molecule has 1 unspecified atom stereocenters. The maximum absolute atomic E-state index is 6.29. The molecule has 0 radical (unpaired) electrons. The molecule has 0 aromatic rings. The molecule has 0 N–H and O–H groups in total. The SMILES string of the molecule is CCO[SiH](OCC)C(CC)N([Si](CC)(CC)CC)[Si](CC)(CC)CC. The third-order valence-corrected chi connectivity index (χ3v) is 23.5. The van der Waals surface area contributed by atoms with E-state index in [0.717, 1.165) is 13.2 Å². The summed E-state index contributed by atoms with van der Waals surface area (Å²) in [6.07, 6.45) is 1.18. The summed E-state index contributed by atoms with van der Waals surface area (Å²) in [6, 6.07) is 8.19. The molecule has 0 saturated carbocycles. The van der Waals surface area contributed by atoms with Crippen LogP contribution in [0.4, 0.5) is 0 Å². The first-order chi connectivity index (χ1) is 12.0. The molecule has 3 nitrogen and oxygen atoms in total. The standard InChI is InChI=1S/C19H47NO2Si3/c1-10-19(23(21-11-2)22-12-3)20(24(13-4,14-5)15-6)25(16-7,17-8)18-9/h19,23H,10-18H2,1-9H3. The number of hydrogen-bond donors (Lipinski definition) is 0. The van der Waals surface area contributed by atoms with E-state index in [-0.39, 0.29) is 0 Å². The molecule has 0 rings (SSSR count). The van der Waals surface area contributed by atoms with Crippen LogP contribution in [-0.4, -0.2) is 48.9 Å². The Morgan fingerprint density at radius 2 is 0.960 bits per heavy atom. The monoisotopic (exact) mass is 405 g/mol. The molecular weight excluding hydrogens is 358 g/mol. The van der Waals surface area contributed by atoms with Crippen molar-refractivity contribution in [2.24, 2.45) is 0 Å². The fourth-order valence-corrected chi connectivity index (χ4v) is 23.0. The highest BCUT2D eigenvalue weighted by molar-refractivity contribution is 6.93. The van der Waals surface area contributed by atoms with E-state index in [9.17, 15) is 0 Å². The fraction of sp³-hybridized carbons (Fsp3) is 1.00. The van der Waals surface area contributed by atoms with Crippen LogP contribution in [0.25, 0.3) is 0 Å². The van der Waals surface area contributed by atoms with Gasteiger partial charge in [-0.3, -0.25) is 0 Å². The van der Waals surface area contributed by atoms with Gasteiger partial charge in [0.2, 0.25) is 0 Å². The first-order valence-electron chi connectivity index (χ1n) is 11.0. The first kappa shape index (κ1) is 25.5. The summed E-state index contributed by atoms with van der Waals surface area (Å²) < 4.78 is 15.8. The Morgan fingerprint density at radius 1 is 0.640 bits per heavy atom. The van der Waals surface area contributed by atoms with Gasteiger partial charge in [0.25, 0.3) is 0 Å². The zero-order valence-electron chi connectivity index (χ0n) is 18.8. The van der Waals surface area contributed by atoms with E-state index in [0.29, 0.717) is 5.67 Å². The first-order valence-corrected chi connectivity index (χ1v) is 17.7. The molecule has 25 heavy (non-hydrogen) atoms. The maximum Gasteiger partial charge on any atom is 0.337 e. The van der Waals surface area contributed by atoms with Crippen molar-refractivity contribution in [3.05, 3.63) is 0 Å². The Balaban J connectivity index is 6.31. The van der Waals surface area contributed by atoms with Gasteiger partial charge in [-0.15, -0.1) is 0 Å². The number of rotatable bonds is 15. The Kier molecular flexibility index (Phi) is 13.1. The largest absolute Gasteiger partial charge is 0.396 e. The minimum Gasteiger partial charge on any atom is -0.396 e. The highest BCUT2D eigenvalue weighted by atomic mass is 28.4. The Labute approximate surface area is 162 Å². The second kappa shape index (κ2) is 12.8. The lowest BCUT2D eigenvalue weighted by Crippen LogP contribution is -2.72. The molecule has 0 aliphatic heterocycles. The minimum absolute atomic E-state index is 0.554. The summed E-state index contributed by atoms with van der Waals surface area (Å²) in [5.41, 5.74) is 0.554. The van der Waals surface area contributed by atoms with Gasteiger partial charge >= 0.3 is 9.28 Å².